The van der Waals surface area contributed by atoms with Gasteiger partial charge >= 0.3 is 0 Å². The molecule has 1 amide bonds. The van der Waals surface area contributed by atoms with Crippen LogP contribution < -0.4 is 5.32 Å². The highest BCUT2D eigenvalue weighted by molar-refractivity contribution is 6.34. The molecule has 124 valence electrons. The predicted molar refractivity (Wildman–Crippen MR) is 97.0 cm³/mol. The molecule has 3 aromatic rings. The molecular formula is C19H14ClN3O2. The highest BCUT2D eigenvalue weighted by Crippen LogP contribution is 2.32. The van der Waals surface area contributed by atoms with Crippen molar-refractivity contribution in [3.05, 3.63) is 76.3 Å². The van der Waals surface area contributed by atoms with Crippen LogP contribution in [0.1, 0.15) is 27.2 Å². The number of pyridine rings is 1. The number of nitrogens with one attached hydrogen (secondary N) is 1. The van der Waals surface area contributed by atoms with Gasteiger partial charge in [0.2, 0.25) is 0 Å². The molecule has 5 nitrogen and oxygen atoms in total. The fraction of sp³-hybridized carbons (Fsp3) is 0.105. The number of amides is 1. The molecule has 1 aromatic carbocycles. The van der Waals surface area contributed by atoms with Crippen molar-refractivity contribution < 1.29 is 9.21 Å². The van der Waals surface area contributed by atoms with E-state index in [0.717, 1.165) is 28.2 Å². The number of aryl methyl sites for hydroxylation is 1. The first-order chi connectivity index (χ1) is 12.1. The highest BCUT2D eigenvalue weighted by atomic mass is 35.5. The summed E-state index contributed by atoms with van der Waals surface area (Å²) in [6.07, 6.45) is 3.88. The molecule has 0 saturated carbocycles. The van der Waals surface area contributed by atoms with Crippen LogP contribution >= 0.6 is 11.6 Å². The molecule has 2 aromatic heterocycles. The number of hydrogen-bond acceptors (Lipinski definition) is 4. The van der Waals surface area contributed by atoms with Crippen LogP contribution in [0, 0.1) is 6.92 Å². The number of benzene rings is 1. The minimum atomic E-state index is -0.313. The van der Waals surface area contributed by atoms with Crippen molar-refractivity contribution in [2.24, 2.45) is 4.99 Å². The average Bonchev–Trinajstić information content (AvgIpc) is 3.26. The molecule has 25 heavy (non-hydrogen) atoms. The second-order valence-corrected chi connectivity index (χ2v) is 6.20. The lowest BCUT2D eigenvalue weighted by atomic mass is 10.0. The normalized spacial score (nSPS) is 12.6. The minimum Gasteiger partial charge on any atom is -0.459 e. The predicted octanol–water partition coefficient (Wildman–Crippen LogP) is 4.57. The van der Waals surface area contributed by atoms with Gasteiger partial charge in [-0.15, -0.1) is 0 Å². The van der Waals surface area contributed by atoms with Gasteiger partial charge in [0.1, 0.15) is 0 Å². The fourth-order valence-corrected chi connectivity index (χ4v) is 3.03. The lowest BCUT2D eigenvalue weighted by molar-refractivity contribution is 0.0996. The highest BCUT2D eigenvalue weighted by Gasteiger charge is 2.21. The van der Waals surface area contributed by atoms with E-state index in [1.54, 1.807) is 30.5 Å². The van der Waals surface area contributed by atoms with Gasteiger partial charge in [0.05, 0.1) is 12.0 Å². The van der Waals surface area contributed by atoms with E-state index in [1.165, 1.54) is 6.26 Å². The average molecular weight is 352 g/mol. The van der Waals surface area contributed by atoms with Crippen LogP contribution in [0.15, 0.2) is 58.3 Å². The Hall–Kier alpha value is -2.92. The van der Waals surface area contributed by atoms with Crippen molar-refractivity contribution in [1.29, 1.82) is 0 Å². The monoisotopic (exact) mass is 351 g/mol. The largest absolute Gasteiger partial charge is 0.459 e. The van der Waals surface area contributed by atoms with Crippen LogP contribution in [0.4, 0.5) is 11.5 Å². The van der Waals surface area contributed by atoms with E-state index < -0.39 is 0 Å². The van der Waals surface area contributed by atoms with E-state index in [0.29, 0.717) is 17.1 Å². The Balaban J connectivity index is 1.63. The Kier molecular flexibility index (Phi) is 3.86. The topological polar surface area (TPSA) is 67.5 Å². The van der Waals surface area contributed by atoms with Gasteiger partial charge in [0.15, 0.2) is 11.6 Å². The maximum atomic E-state index is 12.1. The summed E-state index contributed by atoms with van der Waals surface area (Å²) in [5, 5.41) is 3.39. The Morgan fingerprint density at radius 1 is 1.28 bits per heavy atom. The molecule has 0 spiro atoms. The van der Waals surface area contributed by atoms with Crippen molar-refractivity contribution in [2.75, 3.05) is 5.32 Å². The lowest BCUT2D eigenvalue weighted by Gasteiger charge is -2.09. The van der Waals surface area contributed by atoms with E-state index in [4.69, 9.17) is 16.0 Å². The number of rotatable bonds is 3. The number of halogens is 1. The van der Waals surface area contributed by atoms with E-state index in [2.05, 4.69) is 15.3 Å². The number of carbonyl (C=O) groups is 1. The number of hydrogen-bond donors (Lipinski definition) is 1. The van der Waals surface area contributed by atoms with Crippen LogP contribution in [0.2, 0.25) is 5.02 Å². The summed E-state index contributed by atoms with van der Waals surface area (Å²) in [5.41, 5.74) is 4.53. The second-order valence-electron chi connectivity index (χ2n) is 5.79. The number of aromatic nitrogens is 1. The number of aliphatic imine (C=N–C) groups is 1. The molecule has 1 aliphatic rings. The molecule has 0 unspecified atom stereocenters. The fourth-order valence-electron chi connectivity index (χ4n) is 2.80. The third kappa shape index (κ3) is 2.94. The lowest BCUT2D eigenvalue weighted by Crippen LogP contribution is -2.12. The summed E-state index contributed by atoms with van der Waals surface area (Å²) in [4.78, 5) is 21.1. The molecule has 3 heterocycles. The number of anilines is 1. The van der Waals surface area contributed by atoms with Crippen LogP contribution in [0.3, 0.4) is 0 Å². The summed E-state index contributed by atoms with van der Waals surface area (Å²) in [5.74, 6) is 0.672. The molecule has 6 heteroatoms. The maximum absolute atomic E-state index is 12.1. The third-order valence-electron chi connectivity index (χ3n) is 4.13. The quantitative estimate of drug-likeness (QED) is 0.751. The van der Waals surface area contributed by atoms with Crippen LogP contribution in [0.25, 0.3) is 0 Å². The van der Waals surface area contributed by atoms with Gasteiger partial charge in [0.25, 0.3) is 5.91 Å². The zero-order valence-corrected chi connectivity index (χ0v) is 14.2. The Morgan fingerprint density at radius 3 is 2.92 bits per heavy atom. The summed E-state index contributed by atoms with van der Waals surface area (Å²) >= 11 is 6.36. The van der Waals surface area contributed by atoms with E-state index >= 15 is 0 Å². The van der Waals surface area contributed by atoms with E-state index in [1.807, 2.05) is 19.1 Å². The zero-order chi connectivity index (χ0) is 17.4. The number of nitrogens with zero attached hydrogens (tertiary/aromatic N) is 2. The molecular weight excluding hydrogens is 338 g/mol. The van der Waals surface area contributed by atoms with Crippen molar-refractivity contribution in [1.82, 2.24) is 4.98 Å². The van der Waals surface area contributed by atoms with Crippen molar-refractivity contribution in [3.63, 3.8) is 0 Å². The summed E-state index contributed by atoms with van der Waals surface area (Å²) in [6.45, 7) is 2.04. The van der Waals surface area contributed by atoms with Gasteiger partial charge in [-0.3, -0.25) is 4.79 Å². The molecule has 4 rings (SSSR count). The Morgan fingerprint density at radius 2 is 2.16 bits per heavy atom. The molecule has 0 fully saturated rings. The minimum absolute atomic E-state index is 0.252. The first-order valence-electron chi connectivity index (χ1n) is 7.78. The standard InChI is InChI=1S/C19H14ClN3O2/c1-11-6-7-21-18-13(11)10-16(23-18)14-9-12(4-5-15(14)20)22-19(24)17-3-2-8-25-17/h2-9H,10H2,1H3,(H,22,24). The molecule has 0 atom stereocenters. The van der Waals surface area contributed by atoms with Gasteiger partial charge in [-0.2, -0.15) is 0 Å². The summed E-state index contributed by atoms with van der Waals surface area (Å²) in [6, 6.07) is 10.6. The number of carbonyl (C=O) groups excluding carboxylic acids is 1. The Bertz CT molecular complexity index is 994. The van der Waals surface area contributed by atoms with Crippen molar-refractivity contribution in [3.8, 4) is 0 Å². The van der Waals surface area contributed by atoms with Gasteiger partial charge in [-0.1, -0.05) is 11.6 Å². The molecule has 0 saturated heterocycles. The SMILES string of the molecule is Cc1ccnc2c1CC(c1cc(NC(=O)c3ccco3)ccc1Cl)=N2. The molecule has 0 aliphatic carbocycles. The number of fused-ring (bicyclic) bond motifs is 1. The smallest absolute Gasteiger partial charge is 0.291 e. The second kappa shape index (κ2) is 6.18. The van der Waals surface area contributed by atoms with E-state index in [9.17, 15) is 4.79 Å². The van der Waals surface area contributed by atoms with Crippen LogP contribution in [0.5, 0.6) is 0 Å². The molecule has 1 aliphatic heterocycles. The van der Waals surface area contributed by atoms with Gasteiger partial charge in [0, 0.05) is 34.5 Å². The van der Waals surface area contributed by atoms with E-state index in [-0.39, 0.29) is 11.7 Å². The first-order valence-corrected chi connectivity index (χ1v) is 8.16. The van der Waals surface area contributed by atoms with Gasteiger partial charge < -0.3 is 9.73 Å². The van der Waals surface area contributed by atoms with Crippen molar-refractivity contribution in [2.45, 2.75) is 13.3 Å². The first kappa shape index (κ1) is 15.6. The van der Waals surface area contributed by atoms with Gasteiger partial charge in [-0.05, 0) is 48.9 Å². The molecule has 1 N–H and O–H groups in total. The third-order valence-corrected chi connectivity index (χ3v) is 4.46. The van der Waals surface area contributed by atoms with Crippen LogP contribution in [-0.2, 0) is 6.42 Å². The van der Waals surface area contributed by atoms with Crippen LogP contribution in [-0.4, -0.2) is 16.6 Å². The number of furan rings is 1. The molecule has 0 bridgehead atoms. The summed E-state index contributed by atoms with van der Waals surface area (Å²) in [7, 11) is 0. The Labute approximate surface area is 149 Å². The summed E-state index contributed by atoms with van der Waals surface area (Å²) < 4.78 is 5.11. The maximum Gasteiger partial charge on any atom is 0.291 e. The van der Waals surface area contributed by atoms with Crippen molar-refractivity contribution >= 4 is 34.7 Å². The molecule has 0 radical (unpaired) electrons. The van der Waals surface area contributed by atoms with Gasteiger partial charge in [-0.25, -0.2) is 9.98 Å². The zero-order valence-electron chi connectivity index (χ0n) is 13.4.